The lowest BCUT2D eigenvalue weighted by Crippen LogP contribution is -2.51. The normalized spacial score (nSPS) is 14.3. The number of aromatic nitrogens is 1. The molecule has 1 aliphatic rings. The molecule has 3 rings (SSSR count). The van der Waals surface area contributed by atoms with Gasteiger partial charge in [0.2, 0.25) is 0 Å². The molecule has 1 N–H and O–H groups in total. The third-order valence-electron chi connectivity index (χ3n) is 4.35. The molecule has 1 aliphatic heterocycles. The average Bonchev–Trinajstić information content (AvgIpc) is 2.69. The van der Waals surface area contributed by atoms with E-state index in [2.05, 4.69) is 22.1 Å². The number of carbonyl (C=O) groups is 2. The Hall–Kier alpha value is -2.89. The van der Waals surface area contributed by atoms with Crippen molar-refractivity contribution in [2.75, 3.05) is 36.4 Å². The van der Waals surface area contributed by atoms with Gasteiger partial charge < -0.3 is 15.1 Å². The number of nitrogens with one attached hydrogen (secondary N) is 1. The van der Waals surface area contributed by atoms with Gasteiger partial charge in [0.1, 0.15) is 5.82 Å². The van der Waals surface area contributed by atoms with E-state index in [4.69, 9.17) is 0 Å². The first-order valence-corrected chi connectivity index (χ1v) is 8.52. The maximum Gasteiger partial charge on any atom is 0.313 e. The number of aryl methyl sites for hydroxylation is 1. The Bertz CT molecular complexity index is 723. The van der Waals surface area contributed by atoms with Crippen LogP contribution in [0.4, 0.5) is 11.5 Å². The third-order valence-corrected chi connectivity index (χ3v) is 4.35. The van der Waals surface area contributed by atoms with Gasteiger partial charge in [-0.25, -0.2) is 4.98 Å². The number of pyridine rings is 1. The minimum Gasteiger partial charge on any atom is -0.353 e. The summed E-state index contributed by atoms with van der Waals surface area (Å²) in [5.41, 5.74) is 1.83. The van der Waals surface area contributed by atoms with Crippen LogP contribution in [0.5, 0.6) is 0 Å². The predicted octanol–water partition coefficient (Wildman–Crippen LogP) is 1.93. The Labute approximate surface area is 147 Å². The van der Waals surface area contributed by atoms with E-state index in [1.807, 2.05) is 42.5 Å². The number of hydrogen-bond donors (Lipinski definition) is 1. The summed E-state index contributed by atoms with van der Waals surface area (Å²) in [5, 5.41) is 2.68. The molecule has 0 unspecified atom stereocenters. The van der Waals surface area contributed by atoms with E-state index in [-0.39, 0.29) is 0 Å². The maximum absolute atomic E-state index is 12.3. The van der Waals surface area contributed by atoms with Crippen LogP contribution in [0, 0.1) is 0 Å². The summed E-state index contributed by atoms with van der Waals surface area (Å²) >= 11 is 0. The minimum absolute atomic E-state index is 0.486. The van der Waals surface area contributed by atoms with Gasteiger partial charge in [0.05, 0.1) is 0 Å². The van der Waals surface area contributed by atoms with Crippen LogP contribution in [-0.4, -0.2) is 47.9 Å². The summed E-state index contributed by atoms with van der Waals surface area (Å²) in [5.74, 6) is -0.175. The van der Waals surface area contributed by atoms with Crippen LogP contribution in [0.3, 0.4) is 0 Å². The maximum atomic E-state index is 12.3. The van der Waals surface area contributed by atoms with Crippen molar-refractivity contribution in [3.8, 4) is 0 Å². The lowest BCUT2D eigenvalue weighted by Gasteiger charge is -2.34. The standard InChI is InChI=1S/C19H22N4O2/c1-2-15-6-8-16(9-7-15)21-18(24)19(25)23-13-11-22(12-14-23)17-5-3-4-10-20-17/h3-10H,2,11-14H2,1H3,(H,21,24). The number of hydrogen-bond acceptors (Lipinski definition) is 4. The summed E-state index contributed by atoms with van der Waals surface area (Å²) in [7, 11) is 0. The van der Waals surface area contributed by atoms with Crippen LogP contribution >= 0.6 is 0 Å². The van der Waals surface area contributed by atoms with Gasteiger partial charge in [-0.3, -0.25) is 9.59 Å². The predicted molar refractivity (Wildman–Crippen MR) is 97.5 cm³/mol. The number of amides is 2. The number of nitrogens with zero attached hydrogens (tertiary/aromatic N) is 3. The molecule has 25 heavy (non-hydrogen) atoms. The van der Waals surface area contributed by atoms with E-state index in [1.165, 1.54) is 5.56 Å². The highest BCUT2D eigenvalue weighted by Gasteiger charge is 2.26. The van der Waals surface area contributed by atoms with Gasteiger partial charge in [-0.15, -0.1) is 0 Å². The van der Waals surface area contributed by atoms with E-state index >= 15 is 0 Å². The molecular weight excluding hydrogens is 316 g/mol. The van der Waals surface area contributed by atoms with Crippen molar-refractivity contribution in [3.05, 3.63) is 54.2 Å². The second-order valence-electron chi connectivity index (χ2n) is 5.97. The summed E-state index contributed by atoms with van der Waals surface area (Å²) in [6.07, 6.45) is 2.69. The van der Waals surface area contributed by atoms with Gasteiger partial charge in [-0.2, -0.15) is 0 Å². The van der Waals surface area contributed by atoms with Gasteiger partial charge in [0.15, 0.2) is 0 Å². The Morgan fingerprint density at radius 1 is 1.04 bits per heavy atom. The largest absolute Gasteiger partial charge is 0.353 e. The lowest BCUT2D eigenvalue weighted by atomic mass is 10.1. The van der Waals surface area contributed by atoms with Crippen LogP contribution < -0.4 is 10.2 Å². The molecule has 0 saturated carbocycles. The summed E-state index contributed by atoms with van der Waals surface area (Å²) in [6.45, 7) is 4.43. The van der Waals surface area contributed by atoms with E-state index in [0.717, 1.165) is 12.2 Å². The lowest BCUT2D eigenvalue weighted by molar-refractivity contribution is -0.143. The first kappa shape index (κ1) is 17.0. The second kappa shape index (κ2) is 7.79. The summed E-state index contributed by atoms with van der Waals surface area (Å²) < 4.78 is 0. The van der Waals surface area contributed by atoms with Gasteiger partial charge >= 0.3 is 11.8 Å². The van der Waals surface area contributed by atoms with E-state index in [1.54, 1.807) is 11.1 Å². The molecular formula is C19H22N4O2. The molecule has 0 spiro atoms. The van der Waals surface area contributed by atoms with Crippen molar-refractivity contribution < 1.29 is 9.59 Å². The minimum atomic E-state index is -0.587. The zero-order valence-corrected chi connectivity index (χ0v) is 14.3. The summed E-state index contributed by atoms with van der Waals surface area (Å²) in [4.78, 5) is 32.6. The van der Waals surface area contributed by atoms with Gasteiger partial charge in [-0.1, -0.05) is 25.1 Å². The second-order valence-corrected chi connectivity index (χ2v) is 5.97. The molecule has 0 radical (unpaired) electrons. The number of benzene rings is 1. The molecule has 6 nitrogen and oxygen atoms in total. The number of piperazine rings is 1. The highest BCUT2D eigenvalue weighted by molar-refractivity contribution is 6.39. The fourth-order valence-corrected chi connectivity index (χ4v) is 2.83. The number of rotatable bonds is 3. The average molecular weight is 338 g/mol. The van der Waals surface area contributed by atoms with Gasteiger partial charge in [-0.05, 0) is 36.2 Å². The zero-order valence-electron chi connectivity index (χ0n) is 14.3. The molecule has 6 heteroatoms. The van der Waals surface area contributed by atoms with Crippen LogP contribution in [-0.2, 0) is 16.0 Å². The monoisotopic (exact) mass is 338 g/mol. The Morgan fingerprint density at radius 2 is 1.76 bits per heavy atom. The van der Waals surface area contributed by atoms with Crippen molar-refractivity contribution in [2.24, 2.45) is 0 Å². The fourth-order valence-electron chi connectivity index (χ4n) is 2.83. The van der Waals surface area contributed by atoms with Crippen molar-refractivity contribution >= 4 is 23.3 Å². The SMILES string of the molecule is CCc1ccc(NC(=O)C(=O)N2CCN(c3ccccn3)CC2)cc1. The van der Waals surface area contributed by atoms with E-state index in [0.29, 0.717) is 31.9 Å². The molecule has 2 amide bonds. The van der Waals surface area contributed by atoms with Crippen LogP contribution in [0.15, 0.2) is 48.7 Å². The smallest absolute Gasteiger partial charge is 0.313 e. The Morgan fingerprint density at radius 3 is 2.36 bits per heavy atom. The molecule has 2 aromatic rings. The zero-order chi connectivity index (χ0) is 17.6. The first-order chi connectivity index (χ1) is 12.2. The van der Waals surface area contributed by atoms with E-state index < -0.39 is 11.8 Å². The fraction of sp³-hybridized carbons (Fsp3) is 0.316. The van der Waals surface area contributed by atoms with Gasteiger partial charge in [0, 0.05) is 38.1 Å². The molecule has 130 valence electrons. The van der Waals surface area contributed by atoms with Crippen molar-refractivity contribution in [3.63, 3.8) is 0 Å². The van der Waals surface area contributed by atoms with Crippen LogP contribution in [0.2, 0.25) is 0 Å². The number of carbonyl (C=O) groups excluding carboxylic acids is 2. The molecule has 1 aromatic carbocycles. The summed E-state index contributed by atoms with van der Waals surface area (Å²) in [6, 6.07) is 13.3. The quantitative estimate of drug-likeness (QED) is 0.869. The highest BCUT2D eigenvalue weighted by atomic mass is 16.2. The molecule has 0 atom stereocenters. The molecule has 1 aromatic heterocycles. The van der Waals surface area contributed by atoms with Crippen LogP contribution in [0.1, 0.15) is 12.5 Å². The molecule has 1 fully saturated rings. The molecule has 2 heterocycles. The van der Waals surface area contributed by atoms with Gasteiger partial charge in [0.25, 0.3) is 0 Å². The Kier molecular flexibility index (Phi) is 5.28. The van der Waals surface area contributed by atoms with Crippen molar-refractivity contribution in [1.29, 1.82) is 0 Å². The van der Waals surface area contributed by atoms with Crippen molar-refractivity contribution in [2.45, 2.75) is 13.3 Å². The van der Waals surface area contributed by atoms with Crippen LogP contribution in [0.25, 0.3) is 0 Å². The van der Waals surface area contributed by atoms with E-state index in [9.17, 15) is 9.59 Å². The molecule has 0 aliphatic carbocycles. The number of anilines is 2. The third kappa shape index (κ3) is 4.15. The topological polar surface area (TPSA) is 65.5 Å². The first-order valence-electron chi connectivity index (χ1n) is 8.52. The Balaban J connectivity index is 1.53. The molecule has 1 saturated heterocycles. The van der Waals surface area contributed by atoms with Crippen molar-refractivity contribution in [1.82, 2.24) is 9.88 Å². The molecule has 0 bridgehead atoms. The highest BCUT2D eigenvalue weighted by Crippen LogP contribution is 2.14.